The van der Waals surface area contributed by atoms with Crippen LogP contribution in [0, 0.1) is 5.92 Å². The van der Waals surface area contributed by atoms with E-state index in [1.165, 1.54) is 0 Å². The summed E-state index contributed by atoms with van der Waals surface area (Å²) in [6, 6.07) is 4.35. The van der Waals surface area contributed by atoms with Crippen molar-refractivity contribution in [1.82, 2.24) is 0 Å². The van der Waals surface area contributed by atoms with Crippen LogP contribution in [0.25, 0.3) is 0 Å². The molecule has 104 valence electrons. The van der Waals surface area contributed by atoms with Crippen molar-refractivity contribution in [3.05, 3.63) is 16.6 Å². The predicted molar refractivity (Wildman–Crippen MR) is 77.1 cm³/mol. The highest BCUT2D eigenvalue weighted by Crippen LogP contribution is 2.38. The second-order valence-electron chi connectivity index (χ2n) is 5.03. The summed E-state index contributed by atoms with van der Waals surface area (Å²) < 4.78 is 17.6. The Hall–Kier alpha value is -0.940. The fourth-order valence-electron chi connectivity index (χ4n) is 2.48. The molecule has 19 heavy (non-hydrogen) atoms. The first-order chi connectivity index (χ1) is 9.24. The van der Waals surface area contributed by atoms with Crippen LogP contribution in [-0.2, 0) is 4.74 Å². The Balaban J connectivity index is 1.76. The van der Waals surface area contributed by atoms with Gasteiger partial charge < -0.3 is 19.5 Å². The van der Waals surface area contributed by atoms with Gasteiger partial charge in [0.1, 0.15) is 13.2 Å². The molecular formula is C14H18BrNO3. The van der Waals surface area contributed by atoms with Crippen LogP contribution in [-0.4, -0.2) is 32.5 Å². The number of hydrogen-bond acceptors (Lipinski definition) is 4. The Morgan fingerprint density at radius 3 is 2.63 bits per heavy atom. The molecule has 0 radical (unpaired) electrons. The van der Waals surface area contributed by atoms with Gasteiger partial charge in [-0.25, -0.2) is 0 Å². The lowest BCUT2D eigenvalue weighted by molar-refractivity contribution is 0.171. The van der Waals surface area contributed by atoms with Crippen molar-refractivity contribution in [2.24, 2.45) is 5.92 Å². The first-order valence-electron chi connectivity index (χ1n) is 6.67. The van der Waals surface area contributed by atoms with Gasteiger partial charge in [0.05, 0.1) is 12.3 Å². The van der Waals surface area contributed by atoms with E-state index >= 15 is 0 Å². The molecule has 4 nitrogen and oxygen atoms in total. The number of rotatable bonds is 3. The van der Waals surface area contributed by atoms with Gasteiger partial charge in [-0.2, -0.15) is 0 Å². The van der Waals surface area contributed by atoms with Crippen molar-refractivity contribution in [3.8, 4) is 11.5 Å². The van der Waals surface area contributed by atoms with E-state index in [2.05, 4.69) is 28.2 Å². The second-order valence-corrected chi connectivity index (χ2v) is 5.89. The average molecular weight is 328 g/mol. The molecule has 2 aliphatic heterocycles. The minimum atomic E-state index is 0.376. The van der Waals surface area contributed by atoms with Crippen LogP contribution in [0.4, 0.5) is 5.69 Å². The zero-order chi connectivity index (χ0) is 13.2. The molecular weight excluding hydrogens is 310 g/mol. The van der Waals surface area contributed by atoms with E-state index in [9.17, 15) is 0 Å². The van der Waals surface area contributed by atoms with Crippen molar-refractivity contribution in [1.29, 1.82) is 0 Å². The van der Waals surface area contributed by atoms with Gasteiger partial charge in [0.2, 0.25) is 0 Å². The number of fused-ring (bicyclic) bond motifs is 1. The van der Waals surface area contributed by atoms with Crippen LogP contribution in [0.15, 0.2) is 16.6 Å². The monoisotopic (exact) mass is 327 g/mol. The molecule has 2 atom stereocenters. The van der Waals surface area contributed by atoms with Crippen LogP contribution in [0.2, 0.25) is 0 Å². The highest BCUT2D eigenvalue weighted by molar-refractivity contribution is 9.10. The van der Waals surface area contributed by atoms with Crippen molar-refractivity contribution in [3.63, 3.8) is 0 Å². The standard InChI is InChI=1S/C14H18BrNO3/c1-9(10-2-3-17-8-10)16-12-7-14-13(6-11(12)15)18-4-5-19-14/h6-7,9-10,16H,2-5,8H2,1H3. The van der Waals surface area contributed by atoms with Gasteiger partial charge in [-0.3, -0.25) is 0 Å². The molecule has 1 aromatic rings. The number of benzene rings is 1. The van der Waals surface area contributed by atoms with Gasteiger partial charge in [-0.1, -0.05) is 0 Å². The minimum Gasteiger partial charge on any atom is -0.486 e. The third-order valence-electron chi connectivity index (χ3n) is 3.69. The zero-order valence-corrected chi connectivity index (χ0v) is 12.5. The molecule has 5 heteroatoms. The maximum absolute atomic E-state index is 5.62. The summed E-state index contributed by atoms with van der Waals surface area (Å²) >= 11 is 3.58. The van der Waals surface area contributed by atoms with Crippen molar-refractivity contribution in [2.45, 2.75) is 19.4 Å². The number of halogens is 1. The van der Waals surface area contributed by atoms with E-state index < -0.39 is 0 Å². The zero-order valence-electron chi connectivity index (χ0n) is 10.9. The first kappa shape index (κ1) is 13.1. The summed E-state index contributed by atoms with van der Waals surface area (Å²) in [7, 11) is 0. The molecule has 0 bridgehead atoms. The SMILES string of the molecule is CC(Nc1cc2c(cc1Br)OCCO2)C1CCOC1. The van der Waals surface area contributed by atoms with E-state index in [0.29, 0.717) is 25.2 Å². The summed E-state index contributed by atoms with van der Waals surface area (Å²) in [5, 5.41) is 3.54. The lowest BCUT2D eigenvalue weighted by Crippen LogP contribution is -2.26. The number of ether oxygens (including phenoxy) is 3. The highest BCUT2D eigenvalue weighted by Gasteiger charge is 2.23. The van der Waals surface area contributed by atoms with E-state index in [1.807, 2.05) is 12.1 Å². The number of hydrogen-bond donors (Lipinski definition) is 1. The van der Waals surface area contributed by atoms with Crippen molar-refractivity contribution < 1.29 is 14.2 Å². The predicted octanol–water partition coefficient (Wildman–Crippen LogP) is 3.06. The highest BCUT2D eigenvalue weighted by atomic mass is 79.9. The third-order valence-corrected chi connectivity index (χ3v) is 4.34. The Bertz CT molecular complexity index is 460. The van der Waals surface area contributed by atoms with Crippen LogP contribution in [0.1, 0.15) is 13.3 Å². The molecule has 0 aliphatic carbocycles. The Morgan fingerprint density at radius 1 is 1.21 bits per heavy atom. The maximum Gasteiger partial charge on any atom is 0.163 e. The summed E-state index contributed by atoms with van der Waals surface area (Å²) in [4.78, 5) is 0. The molecule has 1 N–H and O–H groups in total. The molecule has 1 aromatic carbocycles. The Labute approximate surface area is 121 Å². The van der Waals surface area contributed by atoms with Gasteiger partial charge in [-0.05, 0) is 29.3 Å². The number of nitrogens with one attached hydrogen (secondary N) is 1. The summed E-state index contributed by atoms with van der Waals surface area (Å²) in [6.07, 6.45) is 1.12. The Morgan fingerprint density at radius 2 is 1.95 bits per heavy atom. The summed E-state index contributed by atoms with van der Waals surface area (Å²) in [6.45, 7) is 5.14. The third kappa shape index (κ3) is 2.82. The van der Waals surface area contributed by atoms with Crippen LogP contribution in [0.5, 0.6) is 11.5 Å². The summed E-state index contributed by atoms with van der Waals surface area (Å²) in [5.74, 6) is 2.19. The van der Waals surface area contributed by atoms with E-state index in [-0.39, 0.29) is 0 Å². The Kier molecular flexibility index (Phi) is 3.84. The van der Waals surface area contributed by atoms with Gasteiger partial charge in [-0.15, -0.1) is 0 Å². The lowest BCUT2D eigenvalue weighted by atomic mass is 10.0. The minimum absolute atomic E-state index is 0.376. The van der Waals surface area contributed by atoms with E-state index in [1.54, 1.807) is 0 Å². The summed E-state index contributed by atoms with van der Waals surface area (Å²) in [5.41, 5.74) is 1.05. The van der Waals surface area contributed by atoms with Gasteiger partial charge in [0, 0.05) is 35.2 Å². The molecule has 0 saturated carbocycles. The molecule has 2 unspecified atom stereocenters. The molecule has 1 fully saturated rings. The molecule has 0 spiro atoms. The smallest absolute Gasteiger partial charge is 0.163 e. The molecule has 0 aromatic heterocycles. The van der Waals surface area contributed by atoms with Crippen LogP contribution < -0.4 is 14.8 Å². The van der Waals surface area contributed by atoms with Gasteiger partial charge >= 0.3 is 0 Å². The lowest BCUT2D eigenvalue weighted by Gasteiger charge is -2.24. The molecule has 2 aliphatic rings. The molecule has 2 heterocycles. The second kappa shape index (κ2) is 5.59. The van der Waals surface area contributed by atoms with E-state index in [0.717, 1.165) is 41.3 Å². The molecule has 1 saturated heterocycles. The van der Waals surface area contributed by atoms with Crippen molar-refractivity contribution >= 4 is 21.6 Å². The van der Waals surface area contributed by atoms with Crippen LogP contribution >= 0.6 is 15.9 Å². The fraction of sp³-hybridized carbons (Fsp3) is 0.571. The first-order valence-corrected chi connectivity index (χ1v) is 7.47. The average Bonchev–Trinajstić information content (AvgIpc) is 2.93. The maximum atomic E-state index is 5.62. The normalized spacial score (nSPS) is 23.2. The number of anilines is 1. The van der Waals surface area contributed by atoms with Gasteiger partial charge in [0.15, 0.2) is 11.5 Å². The largest absolute Gasteiger partial charge is 0.486 e. The fourth-order valence-corrected chi connectivity index (χ4v) is 2.92. The quantitative estimate of drug-likeness (QED) is 0.926. The molecule has 3 rings (SSSR count). The van der Waals surface area contributed by atoms with Crippen molar-refractivity contribution in [2.75, 3.05) is 31.7 Å². The van der Waals surface area contributed by atoms with Crippen LogP contribution in [0.3, 0.4) is 0 Å². The molecule has 0 amide bonds. The van der Waals surface area contributed by atoms with Gasteiger partial charge in [0.25, 0.3) is 0 Å². The van der Waals surface area contributed by atoms with E-state index in [4.69, 9.17) is 14.2 Å². The topological polar surface area (TPSA) is 39.7 Å².